The Hall–Kier alpha value is -1.62. The van der Waals surface area contributed by atoms with Crippen LogP contribution in [0.1, 0.15) is 21.5 Å². The van der Waals surface area contributed by atoms with E-state index in [-0.39, 0.29) is 5.78 Å². The van der Waals surface area contributed by atoms with Crippen molar-refractivity contribution < 1.29 is 4.79 Å². The quantitative estimate of drug-likeness (QED) is 0.326. The molecule has 0 fully saturated rings. The van der Waals surface area contributed by atoms with E-state index >= 15 is 0 Å². The molecule has 3 heteroatoms. The average Bonchev–Trinajstić information content (AvgIpc) is 2.53. The third-order valence-electron chi connectivity index (χ3n) is 3.09. The molecular formula is C18H18INO. The lowest BCUT2D eigenvalue weighted by Crippen LogP contribution is -2.09. The number of benzene rings is 2. The SMILES string of the molecule is CN(C)/C=C(/C(=O)c1ccc(CI)cc1)c1ccccc1. The first-order chi connectivity index (χ1) is 10.1. The molecule has 0 radical (unpaired) electrons. The zero-order chi connectivity index (χ0) is 15.2. The van der Waals surface area contributed by atoms with Crippen molar-refractivity contribution in [2.24, 2.45) is 0 Å². The number of halogens is 1. The third kappa shape index (κ3) is 4.17. The van der Waals surface area contributed by atoms with Crippen molar-refractivity contribution in [3.05, 3.63) is 77.5 Å². The number of hydrogen-bond donors (Lipinski definition) is 0. The van der Waals surface area contributed by atoms with Gasteiger partial charge in [-0.3, -0.25) is 4.79 Å². The maximum Gasteiger partial charge on any atom is 0.195 e. The predicted octanol–water partition coefficient (Wildman–Crippen LogP) is 4.41. The van der Waals surface area contributed by atoms with E-state index in [0.717, 1.165) is 15.6 Å². The van der Waals surface area contributed by atoms with Crippen LogP contribution in [-0.4, -0.2) is 24.8 Å². The summed E-state index contributed by atoms with van der Waals surface area (Å²) < 4.78 is 0.950. The van der Waals surface area contributed by atoms with Gasteiger partial charge in [0.2, 0.25) is 0 Å². The van der Waals surface area contributed by atoms with Crippen LogP contribution in [0.5, 0.6) is 0 Å². The van der Waals surface area contributed by atoms with Gasteiger partial charge in [0.25, 0.3) is 0 Å². The maximum absolute atomic E-state index is 12.8. The van der Waals surface area contributed by atoms with Gasteiger partial charge in [-0.2, -0.15) is 0 Å². The molecule has 0 atom stereocenters. The van der Waals surface area contributed by atoms with E-state index in [1.165, 1.54) is 5.56 Å². The van der Waals surface area contributed by atoms with Crippen molar-refractivity contribution >= 4 is 33.9 Å². The van der Waals surface area contributed by atoms with E-state index in [9.17, 15) is 4.79 Å². The van der Waals surface area contributed by atoms with E-state index < -0.39 is 0 Å². The molecule has 0 amide bonds. The van der Waals surface area contributed by atoms with Crippen LogP contribution in [0.2, 0.25) is 0 Å². The van der Waals surface area contributed by atoms with Crippen molar-refractivity contribution in [2.75, 3.05) is 14.1 Å². The highest BCUT2D eigenvalue weighted by atomic mass is 127. The molecule has 0 N–H and O–H groups in total. The van der Waals surface area contributed by atoms with Gasteiger partial charge < -0.3 is 4.90 Å². The summed E-state index contributed by atoms with van der Waals surface area (Å²) in [6.07, 6.45) is 1.88. The molecule has 108 valence electrons. The van der Waals surface area contributed by atoms with Crippen LogP contribution in [0.15, 0.2) is 60.8 Å². The smallest absolute Gasteiger partial charge is 0.195 e. The number of nitrogens with zero attached hydrogens (tertiary/aromatic N) is 1. The Labute approximate surface area is 139 Å². The number of ketones is 1. The standard InChI is InChI=1S/C18H18INO/c1-20(2)13-17(15-6-4-3-5-7-15)18(21)16-10-8-14(12-19)9-11-16/h3-11,13H,12H2,1-2H3/b17-13+. The zero-order valence-corrected chi connectivity index (χ0v) is 14.4. The van der Waals surface area contributed by atoms with E-state index in [2.05, 4.69) is 22.6 Å². The minimum absolute atomic E-state index is 0.0508. The number of hydrogen-bond acceptors (Lipinski definition) is 2. The fourth-order valence-corrected chi connectivity index (χ4v) is 2.55. The second kappa shape index (κ2) is 7.41. The van der Waals surface area contributed by atoms with Crippen LogP contribution in [0.25, 0.3) is 5.57 Å². The largest absolute Gasteiger partial charge is 0.383 e. The highest BCUT2D eigenvalue weighted by Crippen LogP contribution is 2.21. The van der Waals surface area contributed by atoms with E-state index in [0.29, 0.717) is 5.57 Å². The fourth-order valence-electron chi connectivity index (χ4n) is 2.04. The summed E-state index contributed by atoms with van der Waals surface area (Å²) in [4.78, 5) is 14.7. The monoisotopic (exact) mass is 391 g/mol. The fraction of sp³-hybridized carbons (Fsp3) is 0.167. The predicted molar refractivity (Wildman–Crippen MR) is 96.6 cm³/mol. The number of carbonyl (C=O) groups excluding carboxylic acids is 1. The Morgan fingerprint density at radius 1 is 1.00 bits per heavy atom. The van der Waals surface area contributed by atoms with E-state index in [4.69, 9.17) is 0 Å². The highest BCUT2D eigenvalue weighted by molar-refractivity contribution is 14.1. The van der Waals surface area contributed by atoms with Crippen molar-refractivity contribution in [1.82, 2.24) is 4.90 Å². The average molecular weight is 391 g/mol. The number of alkyl halides is 1. The molecule has 0 aliphatic carbocycles. The number of rotatable bonds is 5. The van der Waals surface area contributed by atoms with Crippen LogP contribution < -0.4 is 0 Å². The molecule has 0 aliphatic rings. The Morgan fingerprint density at radius 2 is 1.62 bits per heavy atom. The molecule has 2 aromatic carbocycles. The van der Waals surface area contributed by atoms with Crippen molar-refractivity contribution in [1.29, 1.82) is 0 Å². The molecule has 0 aromatic heterocycles. The Morgan fingerprint density at radius 3 is 2.14 bits per heavy atom. The molecule has 2 nitrogen and oxygen atoms in total. The van der Waals surface area contributed by atoms with Crippen LogP contribution in [-0.2, 0) is 4.43 Å². The molecule has 0 saturated carbocycles. The first-order valence-electron chi connectivity index (χ1n) is 6.75. The molecule has 0 bridgehead atoms. The van der Waals surface area contributed by atoms with Crippen molar-refractivity contribution in [3.63, 3.8) is 0 Å². The topological polar surface area (TPSA) is 20.3 Å². The molecule has 0 saturated heterocycles. The second-order valence-electron chi connectivity index (χ2n) is 5.03. The van der Waals surface area contributed by atoms with Gasteiger partial charge in [0.15, 0.2) is 5.78 Å². The normalized spacial score (nSPS) is 11.3. The van der Waals surface area contributed by atoms with Gasteiger partial charge in [-0.05, 0) is 11.1 Å². The summed E-state index contributed by atoms with van der Waals surface area (Å²) in [6.45, 7) is 0. The first-order valence-corrected chi connectivity index (χ1v) is 8.27. The highest BCUT2D eigenvalue weighted by Gasteiger charge is 2.14. The Balaban J connectivity index is 2.39. The molecule has 21 heavy (non-hydrogen) atoms. The molecule has 0 unspecified atom stereocenters. The molecule has 0 spiro atoms. The van der Waals surface area contributed by atoms with Crippen LogP contribution in [0.3, 0.4) is 0 Å². The summed E-state index contributed by atoms with van der Waals surface area (Å²) >= 11 is 2.32. The Bertz CT molecular complexity index is 630. The summed E-state index contributed by atoms with van der Waals surface area (Å²) in [6, 6.07) is 17.6. The van der Waals surface area contributed by atoms with E-state index in [1.807, 2.05) is 79.8 Å². The Kier molecular flexibility index (Phi) is 5.56. The lowest BCUT2D eigenvalue weighted by molar-refractivity contribution is 0.105. The third-order valence-corrected chi connectivity index (χ3v) is 3.97. The van der Waals surface area contributed by atoms with Gasteiger partial charge >= 0.3 is 0 Å². The summed E-state index contributed by atoms with van der Waals surface area (Å²) in [5.41, 5.74) is 3.60. The van der Waals surface area contributed by atoms with Gasteiger partial charge in [-0.15, -0.1) is 0 Å². The van der Waals surface area contributed by atoms with Gasteiger partial charge in [0.05, 0.1) is 0 Å². The van der Waals surface area contributed by atoms with Gasteiger partial charge in [0, 0.05) is 35.9 Å². The molecule has 2 rings (SSSR count). The lowest BCUT2D eigenvalue weighted by atomic mass is 9.97. The van der Waals surface area contributed by atoms with Gasteiger partial charge in [-0.1, -0.05) is 77.2 Å². The number of carbonyl (C=O) groups is 1. The van der Waals surface area contributed by atoms with Gasteiger partial charge in [0.1, 0.15) is 0 Å². The molecule has 0 aliphatic heterocycles. The minimum atomic E-state index is 0.0508. The first kappa shape index (κ1) is 15.8. The number of Topliss-reactive ketones (excluding diaryl/α,β-unsaturated/α-hetero) is 1. The summed E-state index contributed by atoms with van der Waals surface area (Å²) in [7, 11) is 3.85. The molecular weight excluding hydrogens is 373 g/mol. The van der Waals surface area contributed by atoms with Crippen LogP contribution >= 0.6 is 22.6 Å². The minimum Gasteiger partial charge on any atom is -0.383 e. The number of allylic oxidation sites excluding steroid dienone is 1. The lowest BCUT2D eigenvalue weighted by Gasteiger charge is -2.12. The van der Waals surface area contributed by atoms with E-state index in [1.54, 1.807) is 0 Å². The second-order valence-corrected chi connectivity index (χ2v) is 5.79. The van der Waals surface area contributed by atoms with Crippen LogP contribution in [0.4, 0.5) is 0 Å². The molecule has 0 heterocycles. The zero-order valence-electron chi connectivity index (χ0n) is 12.2. The summed E-state index contributed by atoms with van der Waals surface area (Å²) in [5.74, 6) is 0.0508. The van der Waals surface area contributed by atoms with Crippen molar-refractivity contribution in [3.8, 4) is 0 Å². The summed E-state index contributed by atoms with van der Waals surface area (Å²) in [5, 5.41) is 0. The van der Waals surface area contributed by atoms with Crippen molar-refractivity contribution in [2.45, 2.75) is 4.43 Å². The maximum atomic E-state index is 12.8. The molecule has 2 aromatic rings. The van der Waals surface area contributed by atoms with Crippen LogP contribution in [0, 0.1) is 0 Å². The van der Waals surface area contributed by atoms with Gasteiger partial charge in [-0.25, -0.2) is 0 Å².